The molecule has 8 heteroatoms. The summed E-state index contributed by atoms with van der Waals surface area (Å²) in [6, 6.07) is 18.7. The highest BCUT2D eigenvalue weighted by Gasteiger charge is 2.26. The molecule has 0 bridgehead atoms. The Hall–Kier alpha value is -4.72. The molecule has 0 atom stereocenters. The Morgan fingerprint density at radius 3 is 2.27 bits per heavy atom. The molecule has 5 aromatic rings. The lowest BCUT2D eigenvalue weighted by molar-refractivity contribution is 0.103. The van der Waals surface area contributed by atoms with Gasteiger partial charge in [0.15, 0.2) is 17.3 Å². The molecule has 0 aliphatic carbocycles. The molecule has 0 saturated heterocycles. The van der Waals surface area contributed by atoms with E-state index in [1.807, 2.05) is 47.3 Å². The third-order valence-electron chi connectivity index (χ3n) is 6.13. The molecule has 0 aliphatic rings. The Balaban J connectivity index is 1.64. The quantitative estimate of drug-likeness (QED) is 0.244. The van der Waals surface area contributed by atoms with Gasteiger partial charge < -0.3 is 23.4 Å². The van der Waals surface area contributed by atoms with Gasteiger partial charge >= 0.3 is 0 Å². The third-order valence-corrected chi connectivity index (χ3v) is 6.13. The molecular formula is C29H26N2O6. The topological polar surface area (TPSA) is 85.0 Å². The second-order valence-corrected chi connectivity index (χ2v) is 8.32. The summed E-state index contributed by atoms with van der Waals surface area (Å²) in [5.41, 5.74) is 3.10. The summed E-state index contributed by atoms with van der Waals surface area (Å²) in [5.74, 6) is 1.97. The van der Waals surface area contributed by atoms with E-state index in [2.05, 4.69) is 5.10 Å². The van der Waals surface area contributed by atoms with Crippen molar-refractivity contribution in [2.45, 2.75) is 6.54 Å². The van der Waals surface area contributed by atoms with Crippen molar-refractivity contribution >= 4 is 16.8 Å². The summed E-state index contributed by atoms with van der Waals surface area (Å²) < 4.78 is 29.8. The summed E-state index contributed by atoms with van der Waals surface area (Å²) in [6.07, 6.45) is 3.57. The number of hydrogen-bond acceptors (Lipinski definition) is 7. The van der Waals surface area contributed by atoms with Crippen molar-refractivity contribution in [3.8, 4) is 34.3 Å². The Morgan fingerprint density at radius 1 is 0.892 bits per heavy atom. The second-order valence-electron chi connectivity index (χ2n) is 8.32. The summed E-state index contributed by atoms with van der Waals surface area (Å²) in [4.78, 5) is 14.0. The maximum atomic E-state index is 14.0. The molecule has 2 heterocycles. The molecule has 3 aromatic carbocycles. The maximum absolute atomic E-state index is 14.0. The van der Waals surface area contributed by atoms with Crippen molar-refractivity contribution in [2.24, 2.45) is 0 Å². The first kappa shape index (κ1) is 24.0. The highest BCUT2D eigenvalue weighted by molar-refractivity contribution is 6.20. The van der Waals surface area contributed by atoms with Crippen LogP contribution in [0.2, 0.25) is 0 Å². The minimum absolute atomic E-state index is 0.256. The van der Waals surface area contributed by atoms with Gasteiger partial charge in [-0.05, 0) is 29.8 Å². The summed E-state index contributed by atoms with van der Waals surface area (Å²) in [6.45, 7) is 0.588. The molecule has 0 aliphatic heterocycles. The van der Waals surface area contributed by atoms with Gasteiger partial charge in [-0.15, -0.1) is 0 Å². The minimum Gasteiger partial charge on any atom is -0.497 e. The van der Waals surface area contributed by atoms with Crippen molar-refractivity contribution in [2.75, 3.05) is 28.4 Å². The van der Waals surface area contributed by atoms with Crippen LogP contribution >= 0.6 is 0 Å². The predicted molar refractivity (Wildman–Crippen MR) is 139 cm³/mol. The van der Waals surface area contributed by atoms with Crippen LogP contribution in [0.25, 0.3) is 22.3 Å². The van der Waals surface area contributed by atoms with Crippen molar-refractivity contribution in [3.63, 3.8) is 0 Å². The van der Waals surface area contributed by atoms with Crippen LogP contribution in [0.5, 0.6) is 23.0 Å². The van der Waals surface area contributed by atoms with E-state index < -0.39 is 0 Å². The van der Waals surface area contributed by atoms with E-state index in [4.69, 9.17) is 23.4 Å². The fourth-order valence-corrected chi connectivity index (χ4v) is 4.33. The normalized spacial score (nSPS) is 10.9. The lowest BCUT2D eigenvalue weighted by Gasteiger charge is -2.13. The van der Waals surface area contributed by atoms with Gasteiger partial charge in [0.25, 0.3) is 0 Å². The largest absolute Gasteiger partial charge is 0.497 e. The SMILES string of the molecule is COc1ccc2c(C(=O)c3cc(OC)c(OC)c(OC)c3)c(-c3cnn(Cc4ccccc4)c3)oc2c1. The molecule has 0 amide bonds. The first-order valence-electron chi connectivity index (χ1n) is 11.6. The Bertz CT molecular complexity index is 1540. The van der Waals surface area contributed by atoms with Crippen molar-refractivity contribution in [1.29, 1.82) is 0 Å². The van der Waals surface area contributed by atoms with Crippen LogP contribution < -0.4 is 18.9 Å². The lowest BCUT2D eigenvalue weighted by Crippen LogP contribution is -2.05. The van der Waals surface area contributed by atoms with E-state index in [-0.39, 0.29) is 5.78 Å². The number of ketones is 1. The molecule has 2 aromatic heterocycles. The number of hydrogen-bond donors (Lipinski definition) is 0. The van der Waals surface area contributed by atoms with Crippen molar-refractivity contribution in [3.05, 3.63) is 89.7 Å². The number of methoxy groups -OCH3 is 4. The molecule has 0 N–H and O–H groups in total. The molecule has 0 spiro atoms. The molecule has 8 nitrogen and oxygen atoms in total. The van der Waals surface area contributed by atoms with Gasteiger partial charge in [0.05, 0.1) is 52.3 Å². The zero-order chi connectivity index (χ0) is 25.9. The molecule has 188 valence electrons. The monoisotopic (exact) mass is 498 g/mol. The number of nitrogens with zero attached hydrogens (tertiary/aromatic N) is 2. The summed E-state index contributed by atoms with van der Waals surface area (Å²) >= 11 is 0. The van der Waals surface area contributed by atoms with Crippen LogP contribution in [0.1, 0.15) is 21.5 Å². The minimum atomic E-state index is -0.256. The average molecular weight is 499 g/mol. The fourth-order valence-electron chi connectivity index (χ4n) is 4.33. The standard InChI is InChI=1S/C29H26N2O6/c1-33-21-10-11-22-23(14-21)37-28(20-15-30-31(17-20)16-18-8-6-5-7-9-18)26(22)27(32)19-12-24(34-2)29(36-4)25(13-19)35-3/h5-15,17H,16H2,1-4H3. The fraction of sp³-hybridized carbons (Fsp3) is 0.172. The van der Waals surface area contributed by atoms with Crippen LogP contribution in [0.4, 0.5) is 0 Å². The predicted octanol–water partition coefficient (Wildman–Crippen LogP) is 5.61. The van der Waals surface area contributed by atoms with Crippen LogP contribution in [0, 0.1) is 0 Å². The molecular weight excluding hydrogens is 472 g/mol. The first-order valence-corrected chi connectivity index (χ1v) is 11.6. The molecule has 37 heavy (non-hydrogen) atoms. The Kier molecular flexibility index (Phi) is 6.55. The van der Waals surface area contributed by atoms with E-state index in [0.717, 1.165) is 5.56 Å². The van der Waals surface area contributed by atoms with Gasteiger partial charge in [-0.25, -0.2) is 0 Å². The van der Waals surface area contributed by atoms with Gasteiger partial charge in [0.1, 0.15) is 17.1 Å². The zero-order valence-corrected chi connectivity index (χ0v) is 21.0. The Labute approximate surface area is 213 Å². The van der Waals surface area contributed by atoms with Crippen molar-refractivity contribution in [1.82, 2.24) is 9.78 Å². The van der Waals surface area contributed by atoms with Crippen LogP contribution in [-0.4, -0.2) is 44.0 Å². The molecule has 0 saturated carbocycles. The summed E-state index contributed by atoms with van der Waals surface area (Å²) in [7, 11) is 6.12. The van der Waals surface area contributed by atoms with Crippen LogP contribution in [0.3, 0.4) is 0 Å². The highest BCUT2D eigenvalue weighted by Crippen LogP contribution is 2.41. The zero-order valence-electron chi connectivity index (χ0n) is 21.0. The van der Waals surface area contributed by atoms with E-state index in [1.54, 1.807) is 37.6 Å². The van der Waals surface area contributed by atoms with Crippen molar-refractivity contribution < 1.29 is 28.2 Å². The number of furan rings is 1. The van der Waals surface area contributed by atoms with Crippen LogP contribution in [-0.2, 0) is 6.54 Å². The molecule has 0 fully saturated rings. The second kappa shape index (κ2) is 10.1. The van der Waals surface area contributed by atoms with E-state index in [1.165, 1.54) is 21.3 Å². The number of benzene rings is 3. The van der Waals surface area contributed by atoms with E-state index in [9.17, 15) is 4.79 Å². The smallest absolute Gasteiger partial charge is 0.203 e. The summed E-state index contributed by atoms with van der Waals surface area (Å²) in [5, 5.41) is 5.16. The molecule has 5 rings (SSSR count). The lowest BCUT2D eigenvalue weighted by atomic mass is 9.97. The number of carbonyl (C=O) groups excluding carboxylic acids is 1. The van der Waals surface area contributed by atoms with Gasteiger partial charge in [0, 0.05) is 23.2 Å². The number of aromatic nitrogens is 2. The molecule has 0 radical (unpaired) electrons. The number of rotatable bonds is 9. The number of ether oxygens (including phenoxy) is 4. The Morgan fingerprint density at radius 2 is 1.62 bits per heavy atom. The average Bonchev–Trinajstić information content (AvgIpc) is 3.56. The number of carbonyl (C=O) groups is 1. The third kappa shape index (κ3) is 4.49. The van der Waals surface area contributed by atoms with Gasteiger partial charge in [-0.2, -0.15) is 5.10 Å². The van der Waals surface area contributed by atoms with Gasteiger partial charge in [-0.3, -0.25) is 9.48 Å². The van der Waals surface area contributed by atoms with Crippen LogP contribution in [0.15, 0.2) is 77.5 Å². The molecule has 0 unspecified atom stereocenters. The first-order chi connectivity index (χ1) is 18.1. The number of fused-ring (bicyclic) bond motifs is 1. The van der Waals surface area contributed by atoms with Gasteiger partial charge in [0.2, 0.25) is 5.75 Å². The van der Waals surface area contributed by atoms with Gasteiger partial charge in [-0.1, -0.05) is 30.3 Å². The van der Waals surface area contributed by atoms with E-state index >= 15 is 0 Å². The highest BCUT2D eigenvalue weighted by atomic mass is 16.5. The maximum Gasteiger partial charge on any atom is 0.203 e. The van der Waals surface area contributed by atoms with E-state index in [0.29, 0.717) is 63.0 Å².